The number of fused-ring (bicyclic) bond motifs is 3. The van der Waals surface area contributed by atoms with E-state index >= 15 is 0 Å². The highest BCUT2D eigenvalue weighted by molar-refractivity contribution is 5.90. The average Bonchev–Trinajstić information content (AvgIpc) is 2.65. The number of phenolic OH excluding ortho intramolecular Hbond substituents is 2. The first-order valence-corrected chi connectivity index (χ1v) is 9.34. The Morgan fingerprint density at radius 2 is 1.83 bits per heavy atom. The van der Waals surface area contributed by atoms with Crippen LogP contribution in [0.4, 0.5) is 0 Å². The first-order chi connectivity index (χ1) is 13.7. The van der Waals surface area contributed by atoms with Crippen molar-refractivity contribution in [2.24, 2.45) is 0 Å². The van der Waals surface area contributed by atoms with Gasteiger partial charge in [-0.25, -0.2) is 0 Å². The maximum Gasteiger partial charge on any atom is 0.197 e. The van der Waals surface area contributed by atoms with Crippen molar-refractivity contribution in [2.45, 2.75) is 38.6 Å². The molecule has 1 aliphatic rings. The van der Waals surface area contributed by atoms with Crippen LogP contribution in [0.3, 0.4) is 0 Å². The number of aliphatic hydroxyl groups is 1. The molecule has 2 heterocycles. The first-order valence-electron chi connectivity index (χ1n) is 9.34. The Hall–Kier alpha value is -3.03. The second-order valence-corrected chi connectivity index (χ2v) is 7.56. The molecule has 0 fully saturated rings. The fraction of sp³-hybridized carbons (Fsp3) is 0.318. The molecule has 3 N–H and O–H groups in total. The molecule has 0 aliphatic carbocycles. The Morgan fingerprint density at radius 1 is 1.14 bits per heavy atom. The van der Waals surface area contributed by atoms with E-state index in [4.69, 9.17) is 13.9 Å². The summed E-state index contributed by atoms with van der Waals surface area (Å²) in [5.41, 5.74) is -0.358. The molecule has 2 aromatic carbocycles. The molecule has 2 atom stereocenters. The minimum absolute atomic E-state index is 0.00788. The number of aromatic hydroxyl groups is 2. The van der Waals surface area contributed by atoms with Crippen molar-refractivity contribution < 1.29 is 29.2 Å². The summed E-state index contributed by atoms with van der Waals surface area (Å²) in [6, 6.07) is 8.83. The highest BCUT2D eigenvalue weighted by atomic mass is 16.5. The monoisotopic (exact) mass is 398 g/mol. The van der Waals surface area contributed by atoms with Gasteiger partial charge in [-0.1, -0.05) is 0 Å². The van der Waals surface area contributed by atoms with Crippen molar-refractivity contribution in [1.29, 1.82) is 0 Å². The molecular formula is C22H22O7. The van der Waals surface area contributed by atoms with Crippen LogP contribution in [0.1, 0.15) is 32.4 Å². The minimum Gasteiger partial charge on any atom is -0.508 e. The number of hydrogen-bond donors (Lipinski definition) is 3. The molecule has 3 aromatic rings. The Labute approximate surface area is 166 Å². The molecule has 7 heteroatoms. The van der Waals surface area contributed by atoms with Crippen LogP contribution < -0.4 is 10.2 Å². The zero-order valence-corrected chi connectivity index (χ0v) is 16.3. The quantitative estimate of drug-likeness (QED) is 0.620. The number of hydrogen-bond acceptors (Lipinski definition) is 7. The fourth-order valence-corrected chi connectivity index (χ4v) is 3.65. The molecule has 0 spiro atoms. The van der Waals surface area contributed by atoms with Crippen molar-refractivity contribution in [1.82, 2.24) is 0 Å². The van der Waals surface area contributed by atoms with Crippen molar-refractivity contribution in [3.05, 3.63) is 52.2 Å². The van der Waals surface area contributed by atoms with Crippen LogP contribution in [0.2, 0.25) is 0 Å². The number of rotatable bonds is 3. The van der Waals surface area contributed by atoms with E-state index < -0.39 is 23.2 Å². The Balaban J connectivity index is 2.04. The van der Waals surface area contributed by atoms with E-state index in [1.165, 1.54) is 24.3 Å². The summed E-state index contributed by atoms with van der Waals surface area (Å²) >= 11 is 0. The van der Waals surface area contributed by atoms with Crippen molar-refractivity contribution in [3.63, 3.8) is 0 Å². The van der Waals surface area contributed by atoms with Gasteiger partial charge in [0.15, 0.2) is 11.0 Å². The van der Waals surface area contributed by atoms with Crippen LogP contribution in [-0.4, -0.2) is 33.6 Å². The molecule has 29 heavy (non-hydrogen) atoms. The van der Waals surface area contributed by atoms with E-state index in [0.717, 1.165) is 0 Å². The van der Waals surface area contributed by atoms with E-state index in [9.17, 15) is 20.1 Å². The predicted molar refractivity (Wildman–Crippen MR) is 106 cm³/mol. The number of phenols is 2. The highest BCUT2D eigenvalue weighted by Gasteiger charge is 2.45. The van der Waals surface area contributed by atoms with Gasteiger partial charge < -0.3 is 29.2 Å². The van der Waals surface area contributed by atoms with Gasteiger partial charge in [-0.2, -0.15) is 0 Å². The lowest BCUT2D eigenvalue weighted by Gasteiger charge is -2.41. The topological polar surface area (TPSA) is 109 Å². The second-order valence-electron chi connectivity index (χ2n) is 7.56. The van der Waals surface area contributed by atoms with E-state index in [2.05, 4.69) is 0 Å². The molecule has 0 bridgehead atoms. The van der Waals surface area contributed by atoms with Crippen LogP contribution >= 0.6 is 0 Å². The zero-order valence-electron chi connectivity index (χ0n) is 16.3. The van der Waals surface area contributed by atoms with E-state index in [1.54, 1.807) is 32.9 Å². The predicted octanol–water partition coefficient (Wildman–Crippen LogP) is 3.48. The Bertz CT molecular complexity index is 1130. The summed E-state index contributed by atoms with van der Waals surface area (Å²) in [5, 5.41) is 30.8. The molecule has 2 unspecified atom stereocenters. The molecular weight excluding hydrogens is 376 g/mol. The van der Waals surface area contributed by atoms with Crippen LogP contribution in [0, 0.1) is 0 Å². The Morgan fingerprint density at radius 3 is 2.48 bits per heavy atom. The smallest absolute Gasteiger partial charge is 0.197 e. The SMILES string of the molecule is CCOC1c2c(cc(O)c3c(=O)cc(-c4ccc(O)cc4)oc23)OC(C)(C)C1O. The third-order valence-corrected chi connectivity index (χ3v) is 5.14. The van der Waals surface area contributed by atoms with Gasteiger partial charge in [-0.05, 0) is 45.0 Å². The molecule has 152 valence electrons. The standard InChI is InChI=1S/C22H22O7/c1-4-27-20-18-16(29-22(2,3)21(20)26)10-14(25)17-13(24)9-15(28-19(17)18)11-5-7-12(23)8-6-11/h5-10,20-21,23,25-26H,4H2,1-3H3. The summed E-state index contributed by atoms with van der Waals surface area (Å²) in [6.45, 7) is 5.56. The maximum atomic E-state index is 12.8. The molecule has 0 radical (unpaired) electrons. The largest absolute Gasteiger partial charge is 0.508 e. The maximum absolute atomic E-state index is 12.8. The molecule has 4 rings (SSSR count). The third-order valence-electron chi connectivity index (χ3n) is 5.14. The third kappa shape index (κ3) is 3.12. The second kappa shape index (κ2) is 6.79. The molecule has 1 aliphatic heterocycles. The number of aliphatic hydroxyl groups excluding tert-OH is 1. The zero-order chi connectivity index (χ0) is 20.9. The Kier molecular flexibility index (Phi) is 4.52. The summed E-state index contributed by atoms with van der Waals surface area (Å²) in [4.78, 5) is 12.8. The van der Waals surface area contributed by atoms with E-state index in [0.29, 0.717) is 17.7 Å². The summed E-state index contributed by atoms with van der Waals surface area (Å²) in [5.74, 6) is 0.355. The fourth-order valence-electron chi connectivity index (χ4n) is 3.65. The average molecular weight is 398 g/mol. The normalized spacial score (nSPS) is 20.3. The highest BCUT2D eigenvalue weighted by Crippen LogP contribution is 2.47. The van der Waals surface area contributed by atoms with Gasteiger partial charge in [-0.3, -0.25) is 4.79 Å². The molecule has 0 saturated carbocycles. The molecule has 0 amide bonds. The summed E-state index contributed by atoms with van der Waals surface area (Å²) < 4.78 is 17.7. The van der Waals surface area contributed by atoms with Gasteiger partial charge in [0.05, 0.1) is 5.56 Å². The van der Waals surface area contributed by atoms with Gasteiger partial charge >= 0.3 is 0 Å². The lowest BCUT2D eigenvalue weighted by molar-refractivity contribution is -0.132. The molecule has 7 nitrogen and oxygen atoms in total. The van der Waals surface area contributed by atoms with Crippen LogP contribution in [0.25, 0.3) is 22.3 Å². The van der Waals surface area contributed by atoms with Crippen LogP contribution in [0.15, 0.2) is 45.6 Å². The molecule has 0 saturated heterocycles. The lowest BCUT2D eigenvalue weighted by atomic mass is 9.87. The first kappa shape index (κ1) is 19.3. The van der Waals surface area contributed by atoms with Crippen LogP contribution in [0.5, 0.6) is 17.2 Å². The van der Waals surface area contributed by atoms with Crippen molar-refractivity contribution in [3.8, 4) is 28.6 Å². The van der Waals surface area contributed by atoms with Gasteiger partial charge in [0.25, 0.3) is 0 Å². The van der Waals surface area contributed by atoms with Gasteiger partial charge in [0.1, 0.15) is 46.2 Å². The minimum atomic E-state index is -1.02. The van der Waals surface area contributed by atoms with Gasteiger partial charge in [-0.15, -0.1) is 0 Å². The van der Waals surface area contributed by atoms with Gasteiger partial charge in [0, 0.05) is 24.3 Å². The van der Waals surface area contributed by atoms with Gasteiger partial charge in [0.2, 0.25) is 0 Å². The van der Waals surface area contributed by atoms with Crippen LogP contribution in [-0.2, 0) is 4.74 Å². The number of ether oxygens (including phenoxy) is 2. The van der Waals surface area contributed by atoms with E-state index in [-0.39, 0.29) is 34.0 Å². The van der Waals surface area contributed by atoms with E-state index in [1.807, 2.05) is 0 Å². The van der Waals surface area contributed by atoms with Crippen molar-refractivity contribution >= 4 is 11.0 Å². The summed E-state index contributed by atoms with van der Waals surface area (Å²) in [6.07, 6.45) is -1.83. The van der Waals surface area contributed by atoms with Crippen molar-refractivity contribution in [2.75, 3.05) is 6.61 Å². The summed E-state index contributed by atoms with van der Waals surface area (Å²) in [7, 11) is 0. The molecule has 1 aromatic heterocycles. The lowest BCUT2D eigenvalue weighted by Crippen LogP contribution is -2.49. The number of benzene rings is 2.